The number of aromatic nitrogens is 3. The molecule has 0 unspecified atom stereocenters. The van der Waals surface area contributed by atoms with E-state index in [-0.39, 0.29) is 11.5 Å². The molecule has 0 atom stereocenters. The molecule has 5 nitrogen and oxygen atoms in total. The van der Waals surface area contributed by atoms with Crippen molar-refractivity contribution in [1.82, 2.24) is 14.2 Å². The minimum atomic E-state index is -0.341. The zero-order valence-corrected chi connectivity index (χ0v) is 12.5. The van der Waals surface area contributed by atoms with Gasteiger partial charge in [0.2, 0.25) is 0 Å². The van der Waals surface area contributed by atoms with Crippen molar-refractivity contribution < 1.29 is 4.39 Å². The van der Waals surface area contributed by atoms with E-state index in [2.05, 4.69) is 26.3 Å². The normalized spacial score (nSPS) is 11.0. The second-order valence-electron chi connectivity index (χ2n) is 4.49. The molecule has 0 aliphatic heterocycles. The summed E-state index contributed by atoms with van der Waals surface area (Å²) >= 11 is 3.20. The Labute approximate surface area is 128 Å². The van der Waals surface area contributed by atoms with Crippen LogP contribution < -0.4 is 11.0 Å². The van der Waals surface area contributed by atoms with Crippen LogP contribution in [0.1, 0.15) is 0 Å². The van der Waals surface area contributed by atoms with E-state index in [4.69, 9.17) is 0 Å². The van der Waals surface area contributed by atoms with Gasteiger partial charge in [0.15, 0.2) is 5.65 Å². The van der Waals surface area contributed by atoms with E-state index in [0.29, 0.717) is 28.9 Å². The quantitative estimate of drug-likeness (QED) is 0.786. The molecule has 0 radical (unpaired) electrons. The number of fused-ring (bicyclic) bond motifs is 1. The number of pyridine rings is 1. The third kappa shape index (κ3) is 2.82. The van der Waals surface area contributed by atoms with Gasteiger partial charge in [-0.3, -0.25) is 4.40 Å². The monoisotopic (exact) mass is 350 g/mol. The molecule has 108 valence electrons. The van der Waals surface area contributed by atoms with Gasteiger partial charge in [0.1, 0.15) is 5.82 Å². The first-order valence-electron chi connectivity index (χ1n) is 6.38. The van der Waals surface area contributed by atoms with Crippen LogP contribution in [0.3, 0.4) is 0 Å². The van der Waals surface area contributed by atoms with Crippen molar-refractivity contribution >= 4 is 27.3 Å². The smallest absolute Gasteiger partial charge is 0.350 e. The fourth-order valence-electron chi connectivity index (χ4n) is 2.04. The van der Waals surface area contributed by atoms with E-state index in [9.17, 15) is 9.18 Å². The molecule has 0 bridgehead atoms. The average molecular weight is 351 g/mol. The van der Waals surface area contributed by atoms with Gasteiger partial charge in [0.25, 0.3) is 0 Å². The zero-order chi connectivity index (χ0) is 14.8. The Morgan fingerprint density at radius 2 is 2.14 bits per heavy atom. The molecule has 1 aromatic carbocycles. The van der Waals surface area contributed by atoms with Crippen LogP contribution in [-0.2, 0) is 6.54 Å². The Bertz CT molecular complexity index is 842. The average Bonchev–Trinajstić information content (AvgIpc) is 2.79. The Balaban J connectivity index is 1.72. The Morgan fingerprint density at radius 3 is 2.90 bits per heavy atom. The van der Waals surface area contributed by atoms with Gasteiger partial charge in [0, 0.05) is 17.2 Å². The maximum atomic E-state index is 13.6. The number of anilines is 1. The summed E-state index contributed by atoms with van der Waals surface area (Å²) in [5.74, 6) is -0.341. The van der Waals surface area contributed by atoms with Gasteiger partial charge >= 0.3 is 5.69 Å². The topological polar surface area (TPSA) is 51.3 Å². The van der Waals surface area contributed by atoms with Gasteiger partial charge in [-0.1, -0.05) is 22.0 Å². The van der Waals surface area contributed by atoms with Gasteiger partial charge in [-0.15, -0.1) is 5.10 Å². The second kappa shape index (κ2) is 5.69. The first-order chi connectivity index (χ1) is 10.1. The van der Waals surface area contributed by atoms with E-state index < -0.39 is 0 Å². The molecule has 21 heavy (non-hydrogen) atoms. The van der Waals surface area contributed by atoms with Crippen LogP contribution in [0.15, 0.2) is 51.9 Å². The number of hydrogen-bond acceptors (Lipinski definition) is 3. The van der Waals surface area contributed by atoms with Crippen molar-refractivity contribution in [2.24, 2.45) is 0 Å². The first-order valence-corrected chi connectivity index (χ1v) is 7.17. The van der Waals surface area contributed by atoms with Crippen LogP contribution in [0, 0.1) is 5.82 Å². The molecule has 0 saturated heterocycles. The fraction of sp³-hybridized carbons (Fsp3) is 0.143. The van der Waals surface area contributed by atoms with Crippen molar-refractivity contribution in [2.75, 3.05) is 11.9 Å². The standard InChI is InChI=1S/C14H12BrFN4O/c15-10-4-5-12(11(16)9-10)17-6-8-20-14(21)19-7-2-1-3-13(19)18-20/h1-5,7,9,17H,6,8H2. The molecular formula is C14H12BrFN4O. The van der Waals surface area contributed by atoms with Gasteiger partial charge < -0.3 is 5.32 Å². The van der Waals surface area contributed by atoms with Crippen LogP contribution in [0.4, 0.5) is 10.1 Å². The Morgan fingerprint density at radius 1 is 1.29 bits per heavy atom. The highest BCUT2D eigenvalue weighted by Gasteiger charge is 2.06. The van der Waals surface area contributed by atoms with Crippen molar-refractivity contribution in [3.8, 4) is 0 Å². The molecular weight excluding hydrogens is 339 g/mol. The SMILES string of the molecule is O=c1n(CCNc2ccc(Br)cc2F)nc2ccccn12. The van der Waals surface area contributed by atoms with Crippen LogP contribution >= 0.6 is 15.9 Å². The lowest BCUT2D eigenvalue weighted by atomic mass is 10.3. The highest BCUT2D eigenvalue weighted by molar-refractivity contribution is 9.10. The molecule has 7 heteroatoms. The minimum Gasteiger partial charge on any atom is -0.381 e. The number of benzene rings is 1. The molecule has 0 aliphatic rings. The lowest BCUT2D eigenvalue weighted by molar-refractivity contribution is 0.604. The number of hydrogen-bond donors (Lipinski definition) is 1. The lowest BCUT2D eigenvalue weighted by Gasteiger charge is -2.07. The molecule has 1 N–H and O–H groups in total. The Kier molecular flexibility index (Phi) is 3.74. The first kappa shape index (κ1) is 13.8. The Hall–Kier alpha value is -2.15. The molecule has 2 aromatic heterocycles. The summed E-state index contributed by atoms with van der Waals surface area (Å²) in [6, 6.07) is 10.1. The summed E-state index contributed by atoms with van der Waals surface area (Å²) in [6.07, 6.45) is 1.67. The third-order valence-electron chi connectivity index (χ3n) is 3.06. The zero-order valence-electron chi connectivity index (χ0n) is 11.0. The van der Waals surface area contributed by atoms with Crippen molar-refractivity contribution in [1.29, 1.82) is 0 Å². The number of halogens is 2. The summed E-state index contributed by atoms with van der Waals surface area (Å²) in [6.45, 7) is 0.762. The molecule has 2 heterocycles. The summed E-state index contributed by atoms with van der Waals surface area (Å²) in [5, 5.41) is 7.16. The molecule has 3 rings (SSSR count). The minimum absolute atomic E-state index is 0.205. The fourth-order valence-corrected chi connectivity index (χ4v) is 2.38. The highest BCUT2D eigenvalue weighted by Crippen LogP contribution is 2.18. The lowest BCUT2D eigenvalue weighted by Crippen LogP contribution is -2.24. The van der Waals surface area contributed by atoms with Crippen molar-refractivity contribution in [3.63, 3.8) is 0 Å². The summed E-state index contributed by atoms with van der Waals surface area (Å²) in [7, 11) is 0. The van der Waals surface area contributed by atoms with Crippen molar-refractivity contribution in [3.05, 3.63) is 63.4 Å². The largest absolute Gasteiger partial charge is 0.381 e. The molecule has 0 amide bonds. The van der Waals surface area contributed by atoms with Crippen molar-refractivity contribution in [2.45, 2.75) is 6.54 Å². The summed E-state index contributed by atoms with van der Waals surface area (Å²) in [5.41, 5.74) is 0.788. The molecule has 3 aromatic rings. The summed E-state index contributed by atoms with van der Waals surface area (Å²) in [4.78, 5) is 12.0. The second-order valence-corrected chi connectivity index (χ2v) is 5.40. The molecule has 0 spiro atoms. The van der Waals surface area contributed by atoms with Crippen LogP contribution in [-0.4, -0.2) is 20.7 Å². The number of rotatable bonds is 4. The van der Waals surface area contributed by atoms with E-state index in [1.54, 1.807) is 30.5 Å². The van der Waals surface area contributed by atoms with Crippen LogP contribution in [0.25, 0.3) is 5.65 Å². The van der Waals surface area contributed by atoms with E-state index in [1.165, 1.54) is 15.1 Å². The van der Waals surface area contributed by atoms with E-state index in [0.717, 1.165) is 0 Å². The molecule has 0 fully saturated rings. The van der Waals surface area contributed by atoms with Crippen LogP contribution in [0.5, 0.6) is 0 Å². The van der Waals surface area contributed by atoms with Gasteiger partial charge in [-0.25, -0.2) is 13.9 Å². The highest BCUT2D eigenvalue weighted by atomic mass is 79.9. The predicted octanol–water partition coefficient (Wildman–Crippen LogP) is 2.51. The van der Waals surface area contributed by atoms with E-state index in [1.807, 2.05) is 6.07 Å². The molecule has 0 aliphatic carbocycles. The maximum Gasteiger partial charge on any atom is 0.350 e. The van der Waals surface area contributed by atoms with E-state index >= 15 is 0 Å². The predicted molar refractivity (Wildman–Crippen MR) is 82.0 cm³/mol. The number of nitrogens with one attached hydrogen (secondary N) is 1. The van der Waals surface area contributed by atoms with Gasteiger partial charge in [-0.2, -0.15) is 0 Å². The summed E-state index contributed by atoms with van der Waals surface area (Å²) < 4.78 is 17.2. The third-order valence-corrected chi connectivity index (χ3v) is 3.55. The van der Waals surface area contributed by atoms with Gasteiger partial charge in [0.05, 0.1) is 12.2 Å². The van der Waals surface area contributed by atoms with Gasteiger partial charge in [-0.05, 0) is 30.3 Å². The van der Waals surface area contributed by atoms with Crippen LogP contribution in [0.2, 0.25) is 0 Å². The maximum absolute atomic E-state index is 13.6. The molecule has 0 saturated carbocycles. The number of nitrogens with zero attached hydrogens (tertiary/aromatic N) is 3.